The average molecular weight is 283 g/mol. The van der Waals surface area contributed by atoms with Crippen LogP contribution in [-0.2, 0) is 0 Å². The molecule has 0 aliphatic carbocycles. The number of halogens is 1. The average Bonchev–Trinajstić information content (AvgIpc) is 2.89. The maximum absolute atomic E-state index is 11.0. The number of ether oxygens (including phenoxy) is 1. The van der Waals surface area contributed by atoms with E-state index in [1.165, 1.54) is 13.2 Å². The molecule has 1 aliphatic heterocycles. The van der Waals surface area contributed by atoms with E-state index in [-0.39, 0.29) is 10.7 Å². The van der Waals surface area contributed by atoms with Crippen LogP contribution < -0.4 is 4.74 Å². The fourth-order valence-corrected chi connectivity index (χ4v) is 2.32. The van der Waals surface area contributed by atoms with E-state index < -0.39 is 4.92 Å². The van der Waals surface area contributed by atoms with E-state index in [2.05, 4.69) is 4.90 Å². The summed E-state index contributed by atoms with van der Waals surface area (Å²) >= 11 is 5.91. The van der Waals surface area contributed by atoms with Crippen LogP contribution >= 0.6 is 11.6 Å². The third-order valence-electron chi connectivity index (χ3n) is 3.10. The molecule has 0 spiro atoms. The molecule has 2 rings (SSSR count). The predicted molar refractivity (Wildman–Crippen MR) is 74.5 cm³/mol. The molecule has 0 radical (unpaired) electrons. The standard InChI is InChI=1S/C13H15ClN2O3/c1-19-13-8-10(4-7-15-5-2-3-6-15)12(16(17)18)9-11(13)14/h4,7-9H,2-3,5-6H2,1H3/b7-4+. The van der Waals surface area contributed by atoms with Crippen molar-refractivity contribution in [2.75, 3.05) is 20.2 Å². The number of nitro groups is 1. The monoisotopic (exact) mass is 282 g/mol. The molecule has 1 aromatic rings. The van der Waals surface area contributed by atoms with Crippen LogP contribution in [0.25, 0.3) is 6.08 Å². The molecule has 1 aliphatic rings. The van der Waals surface area contributed by atoms with Gasteiger partial charge in [0.25, 0.3) is 5.69 Å². The zero-order chi connectivity index (χ0) is 13.8. The molecule has 0 N–H and O–H groups in total. The molecule has 6 heteroatoms. The summed E-state index contributed by atoms with van der Waals surface area (Å²) in [5, 5.41) is 11.3. The number of nitrogens with zero attached hydrogens (tertiary/aromatic N) is 2. The van der Waals surface area contributed by atoms with Crippen LogP contribution in [0.5, 0.6) is 5.75 Å². The molecule has 0 atom stereocenters. The summed E-state index contributed by atoms with van der Waals surface area (Å²) in [7, 11) is 1.49. The van der Waals surface area contributed by atoms with Crippen molar-refractivity contribution in [1.82, 2.24) is 4.90 Å². The van der Waals surface area contributed by atoms with Gasteiger partial charge in [0.2, 0.25) is 0 Å². The first-order chi connectivity index (χ1) is 9.11. The van der Waals surface area contributed by atoms with Gasteiger partial charge >= 0.3 is 0 Å². The molecule has 1 fully saturated rings. The zero-order valence-corrected chi connectivity index (χ0v) is 11.4. The predicted octanol–water partition coefficient (Wildman–Crippen LogP) is 3.32. The Bertz CT molecular complexity index is 511. The summed E-state index contributed by atoms with van der Waals surface area (Å²) in [6.45, 7) is 1.99. The summed E-state index contributed by atoms with van der Waals surface area (Å²) in [5.41, 5.74) is 0.486. The Labute approximate surface area is 116 Å². The van der Waals surface area contributed by atoms with Gasteiger partial charge in [-0.15, -0.1) is 0 Å². The highest BCUT2D eigenvalue weighted by atomic mass is 35.5. The molecule has 0 bridgehead atoms. The van der Waals surface area contributed by atoms with Gasteiger partial charge in [0.15, 0.2) is 0 Å². The lowest BCUT2D eigenvalue weighted by atomic mass is 10.1. The Morgan fingerprint density at radius 2 is 2.11 bits per heavy atom. The van der Waals surface area contributed by atoms with Crippen molar-refractivity contribution in [2.45, 2.75) is 12.8 Å². The van der Waals surface area contributed by atoms with E-state index in [0.29, 0.717) is 11.3 Å². The topological polar surface area (TPSA) is 55.6 Å². The number of hydrogen-bond donors (Lipinski definition) is 0. The summed E-state index contributed by atoms with van der Waals surface area (Å²) < 4.78 is 5.09. The van der Waals surface area contributed by atoms with Crippen molar-refractivity contribution < 1.29 is 9.66 Å². The van der Waals surface area contributed by atoms with Crippen LogP contribution in [0.1, 0.15) is 18.4 Å². The molecule has 5 nitrogen and oxygen atoms in total. The van der Waals surface area contributed by atoms with Gasteiger partial charge in [-0.2, -0.15) is 0 Å². The summed E-state index contributed by atoms with van der Waals surface area (Å²) in [6, 6.07) is 2.91. The Hall–Kier alpha value is -1.75. The number of likely N-dealkylation sites (tertiary alicyclic amines) is 1. The highest BCUT2D eigenvalue weighted by Crippen LogP contribution is 2.33. The summed E-state index contributed by atoms with van der Waals surface area (Å²) in [4.78, 5) is 12.7. The fraction of sp³-hybridized carbons (Fsp3) is 0.385. The Balaban J connectivity index is 2.33. The number of nitro benzene ring substituents is 1. The molecule has 1 aromatic carbocycles. The minimum atomic E-state index is -0.436. The second kappa shape index (κ2) is 5.93. The van der Waals surface area contributed by atoms with E-state index in [0.717, 1.165) is 25.9 Å². The van der Waals surface area contributed by atoms with Gasteiger partial charge in [0.1, 0.15) is 5.75 Å². The van der Waals surface area contributed by atoms with Gasteiger partial charge in [-0.25, -0.2) is 0 Å². The third-order valence-corrected chi connectivity index (χ3v) is 3.40. The van der Waals surface area contributed by atoms with E-state index in [1.54, 1.807) is 12.1 Å². The maximum atomic E-state index is 11.0. The first-order valence-electron chi connectivity index (χ1n) is 6.06. The van der Waals surface area contributed by atoms with E-state index in [4.69, 9.17) is 16.3 Å². The minimum Gasteiger partial charge on any atom is -0.495 e. The second-order valence-electron chi connectivity index (χ2n) is 4.36. The lowest BCUT2D eigenvalue weighted by molar-refractivity contribution is -0.385. The van der Waals surface area contributed by atoms with Crippen LogP contribution in [0.4, 0.5) is 5.69 Å². The molecule has 19 heavy (non-hydrogen) atoms. The zero-order valence-electron chi connectivity index (χ0n) is 10.6. The molecule has 102 valence electrons. The smallest absolute Gasteiger partial charge is 0.278 e. The van der Waals surface area contributed by atoms with Crippen molar-refractivity contribution >= 4 is 23.4 Å². The van der Waals surface area contributed by atoms with Crippen LogP contribution in [0.15, 0.2) is 18.3 Å². The normalized spacial score (nSPS) is 15.2. The Morgan fingerprint density at radius 3 is 2.68 bits per heavy atom. The Morgan fingerprint density at radius 1 is 1.42 bits per heavy atom. The quantitative estimate of drug-likeness (QED) is 0.628. The van der Waals surface area contributed by atoms with Crippen LogP contribution in [-0.4, -0.2) is 30.0 Å². The van der Waals surface area contributed by atoms with Gasteiger partial charge in [-0.3, -0.25) is 10.1 Å². The Kier molecular flexibility index (Phi) is 4.27. The minimum absolute atomic E-state index is 0.0127. The molecule has 0 aromatic heterocycles. The number of hydrogen-bond acceptors (Lipinski definition) is 4. The second-order valence-corrected chi connectivity index (χ2v) is 4.77. The lowest BCUT2D eigenvalue weighted by Crippen LogP contribution is -2.10. The van der Waals surface area contributed by atoms with Gasteiger partial charge in [0, 0.05) is 19.2 Å². The number of methoxy groups -OCH3 is 1. The highest BCUT2D eigenvalue weighted by molar-refractivity contribution is 6.32. The SMILES string of the molecule is COc1cc(/C=C/N2CCCC2)c([N+](=O)[O-])cc1Cl. The highest BCUT2D eigenvalue weighted by Gasteiger charge is 2.16. The first kappa shape index (κ1) is 13.7. The number of benzene rings is 1. The van der Waals surface area contributed by atoms with Crippen LogP contribution in [0.2, 0.25) is 5.02 Å². The van der Waals surface area contributed by atoms with Crippen molar-refractivity contribution in [1.29, 1.82) is 0 Å². The van der Waals surface area contributed by atoms with Gasteiger partial charge in [-0.05, 0) is 31.2 Å². The molecular weight excluding hydrogens is 268 g/mol. The molecule has 1 heterocycles. The largest absolute Gasteiger partial charge is 0.495 e. The molecule has 0 saturated carbocycles. The fourth-order valence-electron chi connectivity index (χ4n) is 2.08. The van der Waals surface area contributed by atoms with Crippen LogP contribution in [0, 0.1) is 10.1 Å². The lowest BCUT2D eigenvalue weighted by Gasteiger charge is -2.10. The van der Waals surface area contributed by atoms with Crippen molar-refractivity contribution in [3.63, 3.8) is 0 Å². The first-order valence-corrected chi connectivity index (χ1v) is 6.44. The van der Waals surface area contributed by atoms with Crippen molar-refractivity contribution in [2.24, 2.45) is 0 Å². The molecule has 1 saturated heterocycles. The van der Waals surface area contributed by atoms with E-state index >= 15 is 0 Å². The van der Waals surface area contributed by atoms with E-state index in [1.807, 2.05) is 6.20 Å². The van der Waals surface area contributed by atoms with Crippen molar-refractivity contribution in [3.8, 4) is 5.75 Å². The molecular formula is C13H15ClN2O3. The van der Waals surface area contributed by atoms with Gasteiger partial charge < -0.3 is 9.64 Å². The van der Waals surface area contributed by atoms with Gasteiger partial charge in [-0.1, -0.05) is 11.6 Å². The summed E-state index contributed by atoms with van der Waals surface area (Å²) in [5.74, 6) is 0.438. The maximum Gasteiger partial charge on any atom is 0.278 e. The van der Waals surface area contributed by atoms with Crippen LogP contribution in [0.3, 0.4) is 0 Å². The number of rotatable bonds is 4. The van der Waals surface area contributed by atoms with E-state index in [9.17, 15) is 10.1 Å². The molecule has 0 amide bonds. The summed E-state index contributed by atoms with van der Waals surface area (Å²) in [6.07, 6.45) is 5.96. The molecule has 0 unspecified atom stereocenters. The van der Waals surface area contributed by atoms with Crippen molar-refractivity contribution in [3.05, 3.63) is 39.0 Å². The third kappa shape index (κ3) is 3.17. The van der Waals surface area contributed by atoms with Gasteiger partial charge in [0.05, 0.1) is 22.6 Å².